The molecule has 3 aromatic heterocycles. The third kappa shape index (κ3) is 4.65. The highest BCUT2D eigenvalue weighted by atomic mass is 16.1. The van der Waals surface area contributed by atoms with Gasteiger partial charge in [0.25, 0.3) is 5.78 Å². The van der Waals surface area contributed by atoms with E-state index in [4.69, 9.17) is 16.7 Å². The lowest BCUT2D eigenvalue weighted by Crippen LogP contribution is -2.25. The summed E-state index contributed by atoms with van der Waals surface area (Å²) < 4.78 is 1.61. The number of nitrogens with zero attached hydrogens (tertiary/aromatic N) is 6. The normalized spacial score (nSPS) is 11.0. The summed E-state index contributed by atoms with van der Waals surface area (Å²) in [5, 5.41) is 22.8. The highest BCUT2D eigenvalue weighted by Gasteiger charge is 2.14. The number of hydrogen-bond donors (Lipinski definition) is 4. The van der Waals surface area contributed by atoms with E-state index < -0.39 is 0 Å². The molecule has 3 rings (SSSR count). The van der Waals surface area contributed by atoms with Crippen LogP contribution in [0.5, 0.6) is 0 Å². The summed E-state index contributed by atoms with van der Waals surface area (Å²) in [4.78, 5) is 20.7. The molecule has 0 radical (unpaired) electrons. The molecule has 6 N–H and O–H groups in total. The zero-order valence-corrected chi connectivity index (χ0v) is 17.2. The number of hydrogen-bond acceptors (Lipinski definition) is 8. The molecule has 30 heavy (non-hydrogen) atoms. The van der Waals surface area contributed by atoms with E-state index in [0.29, 0.717) is 37.1 Å². The Kier molecular flexibility index (Phi) is 6.46. The molecule has 0 saturated heterocycles. The zero-order chi connectivity index (χ0) is 21.7. The number of nitrogen functional groups attached to an aromatic ring is 2. The molecule has 0 aliphatic heterocycles. The van der Waals surface area contributed by atoms with E-state index in [9.17, 15) is 4.79 Å². The summed E-state index contributed by atoms with van der Waals surface area (Å²) in [5.74, 6) is 0.891. The SMILES string of the molecule is Cc1nc2nc(N)nn2c(C)c1CCC(=O)NCCCCCc1[nH]nc(N)c1C#N. The van der Waals surface area contributed by atoms with Crippen molar-refractivity contribution < 1.29 is 4.79 Å². The lowest BCUT2D eigenvalue weighted by Gasteiger charge is -2.10. The van der Waals surface area contributed by atoms with Crippen molar-refractivity contribution in [1.82, 2.24) is 35.1 Å². The fraction of sp³-hybridized carbons (Fsp3) is 0.474. The van der Waals surface area contributed by atoms with Crippen molar-refractivity contribution >= 4 is 23.5 Å². The van der Waals surface area contributed by atoms with Crippen LogP contribution in [0, 0.1) is 25.2 Å². The number of fused-ring (bicyclic) bond motifs is 1. The van der Waals surface area contributed by atoms with Crippen molar-refractivity contribution in [1.29, 1.82) is 5.26 Å². The quantitative estimate of drug-likeness (QED) is 0.377. The molecule has 0 bridgehead atoms. The Hall–Kier alpha value is -3.68. The van der Waals surface area contributed by atoms with E-state index in [2.05, 4.69) is 36.7 Å². The number of rotatable bonds is 9. The van der Waals surface area contributed by atoms with Crippen LogP contribution in [-0.4, -0.2) is 42.2 Å². The number of aryl methyl sites for hydroxylation is 3. The van der Waals surface area contributed by atoms with Gasteiger partial charge in [-0.2, -0.15) is 19.9 Å². The Bertz CT molecular complexity index is 1090. The van der Waals surface area contributed by atoms with E-state index in [1.807, 2.05) is 13.8 Å². The van der Waals surface area contributed by atoms with Gasteiger partial charge in [0.2, 0.25) is 11.9 Å². The van der Waals surface area contributed by atoms with Crippen molar-refractivity contribution in [2.75, 3.05) is 18.0 Å². The van der Waals surface area contributed by atoms with Crippen LogP contribution < -0.4 is 16.8 Å². The molecular formula is C19H26N10O. The smallest absolute Gasteiger partial charge is 0.254 e. The van der Waals surface area contributed by atoms with E-state index >= 15 is 0 Å². The highest BCUT2D eigenvalue weighted by molar-refractivity contribution is 5.76. The van der Waals surface area contributed by atoms with Gasteiger partial charge in [-0.15, -0.1) is 5.10 Å². The molecule has 0 spiro atoms. The number of nitrogens with two attached hydrogens (primary N) is 2. The van der Waals surface area contributed by atoms with Crippen LogP contribution in [0.2, 0.25) is 0 Å². The third-order valence-corrected chi connectivity index (χ3v) is 5.07. The van der Waals surface area contributed by atoms with Gasteiger partial charge in [-0.05, 0) is 45.1 Å². The Balaban J connectivity index is 1.39. The monoisotopic (exact) mass is 410 g/mol. The maximum Gasteiger partial charge on any atom is 0.254 e. The zero-order valence-electron chi connectivity index (χ0n) is 17.2. The first-order valence-electron chi connectivity index (χ1n) is 9.88. The summed E-state index contributed by atoms with van der Waals surface area (Å²) in [6.07, 6.45) is 4.33. The van der Waals surface area contributed by atoms with Gasteiger partial charge in [0.05, 0.1) is 5.69 Å². The lowest BCUT2D eigenvalue weighted by atomic mass is 10.1. The molecule has 0 aliphatic carbocycles. The first-order chi connectivity index (χ1) is 14.4. The van der Waals surface area contributed by atoms with Crippen LogP contribution in [0.1, 0.15) is 53.9 Å². The summed E-state index contributed by atoms with van der Waals surface area (Å²) >= 11 is 0. The molecule has 1 amide bonds. The summed E-state index contributed by atoms with van der Waals surface area (Å²) in [5.41, 5.74) is 15.2. The Morgan fingerprint density at radius 3 is 2.77 bits per heavy atom. The molecule has 0 aromatic carbocycles. The minimum Gasteiger partial charge on any atom is -0.381 e. The number of unbranched alkanes of at least 4 members (excludes halogenated alkanes) is 2. The fourth-order valence-electron chi connectivity index (χ4n) is 3.44. The first-order valence-corrected chi connectivity index (χ1v) is 9.88. The minimum absolute atomic E-state index is 0.000101. The molecule has 3 aromatic rings. The number of H-pyrrole nitrogens is 1. The standard InChI is InChI=1S/C19H26N10O/c1-11-13(12(2)29-19(24-11)25-18(22)28-29)7-8-16(30)23-9-5-3-4-6-15-14(10-20)17(21)27-26-15/h3-9H2,1-2H3,(H2,22,28)(H,23,30)(H3,21,26,27). The second-order valence-electron chi connectivity index (χ2n) is 7.18. The lowest BCUT2D eigenvalue weighted by molar-refractivity contribution is -0.121. The number of nitriles is 1. The van der Waals surface area contributed by atoms with Crippen LogP contribution in [-0.2, 0) is 17.6 Å². The summed E-state index contributed by atoms with van der Waals surface area (Å²) in [7, 11) is 0. The largest absolute Gasteiger partial charge is 0.381 e. The van der Waals surface area contributed by atoms with Crippen molar-refractivity contribution in [2.24, 2.45) is 0 Å². The van der Waals surface area contributed by atoms with Crippen molar-refractivity contribution in [3.8, 4) is 6.07 Å². The molecular weight excluding hydrogens is 384 g/mol. The Morgan fingerprint density at radius 2 is 2.00 bits per heavy atom. The highest BCUT2D eigenvalue weighted by Crippen LogP contribution is 2.16. The van der Waals surface area contributed by atoms with Crippen LogP contribution in [0.15, 0.2) is 0 Å². The van der Waals surface area contributed by atoms with Gasteiger partial charge < -0.3 is 16.8 Å². The van der Waals surface area contributed by atoms with Gasteiger partial charge in [-0.3, -0.25) is 9.89 Å². The molecule has 158 valence electrons. The summed E-state index contributed by atoms with van der Waals surface area (Å²) in [6.45, 7) is 4.44. The van der Waals surface area contributed by atoms with Crippen molar-refractivity contribution in [2.45, 2.75) is 52.4 Å². The first kappa shape index (κ1) is 21.0. The van der Waals surface area contributed by atoms with Gasteiger partial charge >= 0.3 is 0 Å². The van der Waals surface area contributed by atoms with Crippen LogP contribution in [0.3, 0.4) is 0 Å². The third-order valence-electron chi connectivity index (χ3n) is 5.07. The van der Waals surface area contributed by atoms with Gasteiger partial charge in [-0.1, -0.05) is 6.42 Å². The number of nitrogens with one attached hydrogen (secondary N) is 2. The molecule has 3 heterocycles. The van der Waals surface area contributed by atoms with Crippen molar-refractivity contribution in [3.63, 3.8) is 0 Å². The second-order valence-corrected chi connectivity index (χ2v) is 7.18. The second kappa shape index (κ2) is 9.21. The predicted octanol–water partition coefficient (Wildman–Crippen LogP) is 0.962. The molecule has 0 saturated carbocycles. The maximum absolute atomic E-state index is 12.2. The number of aromatic nitrogens is 6. The molecule has 0 unspecified atom stereocenters. The molecule has 0 atom stereocenters. The van der Waals surface area contributed by atoms with Gasteiger partial charge in [0.1, 0.15) is 11.6 Å². The molecule has 11 heteroatoms. The van der Waals surface area contributed by atoms with Crippen LogP contribution in [0.25, 0.3) is 5.78 Å². The Labute approximate surface area is 173 Å². The van der Waals surface area contributed by atoms with E-state index in [0.717, 1.165) is 41.9 Å². The maximum atomic E-state index is 12.2. The Morgan fingerprint density at radius 1 is 1.20 bits per heavy atom. The number of aromatic amines is 1. The van der Waals surface area contributed by atoms with Gasteiger partial charge in [0.15, 0.2) is 5.82 Å². The van der Waals surface area contributed by atoms with Crippen molar-refractivity contribution in [3.05, 3.63) is 28.2 Å². The van der Waals surface area contributed by atoms with Gasteiger partial charge in [0, 0.05) is 24.4 Å². The topological polar surface area (TPSA) is 177 Å². The summed E-state index contributed by atoms with van der Waals surface area (Å²) in [6, 6.07) is 2.06. The number of carbonyl (C=O) groups is 1. The van der Waals surface area contributed by atoms with Crippen LogP contribution >= 0.6 is 0 Å². The predicted molar refractivity (Wildman–Crippen MR) is 111 cm³/mol. The van der Waals surface area contributed by atoms with E-state index in [-0.39, 0.29) is 17.7 Å². The molecule has 0 aliphatic rings. The minimum atomic E-state index is 0.000101. The molecule has 0 fully saturated rings. The average molecular weight is 410 g/mol. The van der Waals surface area contributed by atoms with Gasteiger partial charge in [-0.25, -0.2) is 4.98 Å². The number of carbonyl (C=O) groups excluding carboxylic acids is 1. The molecule has 11 nitrogen and oxygen atoms in total. The number of amides is 1. The average Bonchev–Trinajstić information content (AvgIpc) is 3.25. The van der Waals surface area contributed by atoms with E-state index in [1.54, 1.807) is 4.52 Å². The van der Waals surface area contributed by atoms with Crippen LogP contribution in [0.4, 0.5) is 11.8 Å². The fourth-order valence-corrected chi connectivity index (χ4v) is 3.44. The number of anilines is 2. The van der Waals surface area contributed by atoms with E-state index in [1.165, 1.54) is 0 Å².